The predicted octanol–water partition coefficient (Wildman–Crippen LogP) is 3.90. The number of imide groups is 1. The first-order valence-electron chi connectivity index (χ1n) is 13.7. The van der Waals surface area contributed by atoms with E-state index in [0.717, 1.165) is 31.5 Å². The SMILES string of the molecule is CN1CCC(N2C(=O)c3cc4c(cc3C2=O)N=C(c2c(NCC(O)COc3cccc(Cl)c3Cl)cc[nH]c2=O)C4)CC1. The van der Waals surface area contributed by atoms with Crippen molar-refractivity contribution >= 4 is 52.1 Å². The standard InChI is InChI=1S/C30H29Cl2N5O5/c1-36-9-6-17(7-10-36)37-29(40)19-11-16-12-24(35-23(16)13-20(19)30(37)41)26-22(5-8-33-28(26)39)34-14-18(38)15-42-25-4-2-3-21(31)27(25)32/h2-5,8,11,13,17-18,38H,6-7,9-10,12,14-15H2,1H3,(H2,33,34,39). The van der Waals surface area contributed by atoms with Crippen LogP contribution in [0.3, 0.4) is 0 Å². The molecule has 6 rings (SSSR count). The molecule has 3 N–H and O–H groups in total. The molecule has 12 heteroatoms. The number of hydrogen-bond donors (Lipinski definition) is 3. The molecule has 0 aliphatic carbocycles. The molecule has 3 aliphatic rings. The Morgan fingerprint density at radius 3 is 2.62 bits per heavy atom. The number of amides is 2. The third kappa shape index (κ3) is 5.31. The van der Waals surface area contributed by atoms with Crippen LogP contribution in [0.4, 0.5) is 11.4 Å². The van der Waals surface area contributed by atoms with E-state index in [1.54, 1.807) is 36.4 Å². The molecule has 2 aromatic carbocycles. The lowest BCUT2D eigenvalue weighted by Crippen LogP contribution is -2.46. The number of hydrogen-bond acceptors (Lipinski definition) is 8. The fourth-order valence-electron chi connectivity index (χ4n) is 5.66. The van der Waals surface area contributed by atoms with Gasteiger partial charge in [-0.3, -0.25) is 24.3 Å². The summed E-state index contributed by atoms with van der Waals surface area (Å²) in [4.78, 5) is 50.6. The van der Waals surface area contributed by atoms with Crippen LogP contribution >= 0.6 is 23.2 Å². The van der Waals surface area contributed by atoms with Crippen molar-refractivity contribution < 1.29 is 19.4 Å². The topological polar surface area (TPSA) is 127 Å². The van der Waals surface area contributed by atoms with Gasteiger partial charge in [0.25, 0.3) is 17.4 Å². The van der Waals surface area contributed by atoms with Crippen molar-refractivity contribution in [3.63, 3.8) is 0 Å². The molecule has 1 fully saturated rings. The minimum absolute atomic E-state index is 0.0554. The van der Waals surface area contributed by atoms with E-state index in [0.29, 0.717) is 51.0 Å². The average molecular weight is 610 g/mol. The molecule has 218 valence electrons. The Labute approximate surface area is 251 Å². The smallest absolute Gasteiger partial charge is 0.261 e. The van der Waals surface area contributed by atoms with Crippen LogP contribution in [-0.2, 0) is 6.42 Å². The van der Waals surface area contributed by atoms with E-state index in [9.17, 15) is 19.5 Å². The number of rotatable bonds is 8. The first-order valence-corrected chi connectivity index (χ1v) is 14.5. The van der Waals surface area contributed by atoms with Crippen molar-refractivity contribution in [1.82, 2.24) is 14.8 Å². The van der Waals surface area contributed by atoms with Crippen LogP contribution in [0, 0.1) is 0 Å². The molecule has 1 saturated heterocycles. The minimum atomic E-state index is -0.928. The highest BCUT2D eigenvalue weighted by atomic mass is 35.5. The summed E-state index contributed by atoms with van der Waals surface area (Å²) in [5.74, 6) is -0.196. The van der Waals surface area contributed by atoms with Crippen molar-refractivity contribution in [2.75, 3.05) is 38.6 Å². The summed E-state index contributed by atoms with van der Waals surface area (Å²) in [5, 5.41) is 14.3. The van der Waals surface area contributed by atoms with Gasteiger partial charge in [-0.2, -0.15) is 0 Å². The van der Waals surface area contributed by atoms with E-state index in [4.69, 9.17) is 32.9 Å². The summed E-state index contributed by atoms with van der Waals surface area (Å²) >= 11 is 12.2. The highest BCUT2D eigenvalue weighted by molar-refractivity contribution is 6.42. The molecule has 0 spiro atoms. The molecule has 1 unspecified atom stereocenters. The van der Waals surface area contributed by atoms with Crippen LogP contribution in [0.1, 0.15) is 44.7 Å². The van der Waals surface area contributed by atoms with Crippen molar-refractivity contribution in [1.29, 1.82) is 0 Å². The molecule has 0 saturated carbocycles. The van der Waals surface area contributed by atoms with Gasteiger partial charge in [-0.25, -0.2) is 0 Å². The molecule has 0 bridgehead atoms. The quantitative estimate of drug-likeness (QED) is 0.330. The third-order valence-corrected chi connectivity index (χ3v) is 8.71. The Balaban J connectivity index is 1.17. The number of halogens is 2. The fraction of sp³-hybridized carbons (Fsp3) is 0.333. The number of H-pyrrole nitrogens is 1. The number of piperidine rings is 1. The normalized spacial score (nSPS) is 17.7. The van der Waals surface area contributed by atoms with Crippen LogP contribution in [0.15, 0.2) is 52.4 Å². The second kappa shape index (κ2) is 11.5. The second-order valence-electron chi connectivity index (χ2n) is 10.8. The number of carbonyl (C=O) groups excluding carboxylic acids is 2. The number of aromatic amines is 1. The highest BCUT2D eigenvalue weighted by Crippen LogP contribution is 2.37. The monoisotopic (exact) mass is 609 g/mol. The number of likely N-dealkylation sites (tertiary alicyclic amines) is 1. The average Bonchev–Trinajstić information content (AvgIpc) is 3.49. The highest BCUT2D eigenvalue weighted by Gasteiger charge is 2.42. The number of carbonyl (C=O) groups is 2. The largest absolute Gasteiger partial charge is 0.489 e. The Hall–Kier alpha value is -3.70. The Kier molecular flexibility index (Phi) is 7.80. The molecule has 42 heavy (non-hydrogen) atoms. The van der Waals surface area contributed by atoms with Crippen molar-refractivity contribution in [2.24, 2.45) is 4.99 Å². The summed E-state index contributed by atoms with van der Waals surface area (Å²) in [7, 11) is 2.03. The summed E-state index contributed by atoms with van der Waals surface area (Å²) in [6, 6.07) is 9.98. The zero-order valence-corrected chi connectivity index (χ0v) is 24.3. The van der Waals surface area contributed by atoms with E-state index in [-0.39, 0.29) is 41.6 Å². The maximum absolute atomic E-state index is 13.3. The number of pyridine rings is 1. The van der Waals surface area contributed by atoms with Gasteiger partial charge in [0, 0.05) is 25.2 Å². The maximum atomic E-state index is 13.3. The number of benzene rings is 2. The number of nitrogens with one attached hydrogen (secondary N) is 2. The summed E-state index contributed by atoms with van der Waals surface area (Å²) < 4.78 is 5.61. The van der Waals surface area contributed by atoms with Crippen LogP contribution in [-0.4, -0.2) is 82.9 Å². The molecule has 3 aromatic rings. The molecule has 1 atom stereocenters. The van der Waals surface area contributed by atoms with Gasteiger partial charge < -0.3 is 25.0 Å². The molecule has 3 aliphatic heterocycles. The number of nitrogens with zero attached hydrogens (tertiary/aromatic N) is 3. The Morgan fingerprint density at radius 2 is 1.86 bits per heavy atom. The zero-order valence-electron chi connectivity index (χ0n) is 22.8. The zero-order chi connectivity index (χ0) is 29.5. The lowest BCUT2D eigenvalue weighted by Gasteiger charge is -2.33. The minimum Gasteiger partial charge on any atom is -0.489 e. The summed E-state index contributed by atoms with van der Waals surface area (Å²) in [6.45, 7) is 1.70. The Morgan fingerprint density at radius 1 is 1.12 bits per heavy atom. The molecule has 4 heterocycles. The number of anilines is 1. The van der Waals surface area contributed by atoms with Crippen LogP contribution in [0.5, 0.6) is 5.75 Å². The van der Waals surface area contributed by atoms with E-state index in [1.807, 2.05) is 7.05 Å². The molecule has 2 amide bonds. The first kappa shape index (κ1) is 28.4. The van der Waals surface area contributed by atoms with E-state index in [1.165, 1.54) is 11.1 Å². The van der Waals surface area contributed by atoms with Gasteiger partial charge in [-0.05, 0) is 68.9 Å². The van der Waals surface area contributed by atoms with E-state index in [2.05, 4.69) is 15.2 Å². The van der Waals surface area contributed by atoms with Crippen LogP contribution in [0.2, 0.25) is 10.0 Å². The van der Waals surface area contributed by atoms with E-state index >= 15 is 0 Å². The van der Waals surface area contributed by atoms with Crippen molar-refractivity contribution in [3.8, 4) is 5.75 Å². The van der Waals surface area contributed by atoms with Gasteiger partial charge in [0.2, 0.25) is 0 Å². The van der Waals surface area contributed by atoms with Gasteiger partial charge in [0.1, 0.15) is 23.5 Å². The molecular weight excluding hydrogens is 581 g/mol. The van der Waals surface area contributed by atoms with Crippen LogP contribution < -0.4 is 15.6 Å². The molecule has 1 aromatic heterocycles. The molecular formula is C30H29Cl2N5O5. The fourth-order valence-corrected chi connectivity index (χ4v) is 6.01. The first-order chi connectivity index (χ1) is 20.2. The Bertz CT molecular complexity index is 1660. The third-order valence-electron chi connectivity index (χ3n) is 7.91. The number of aliphatic hydroxyl groups is 1. The number of ether oxygens (including phenoxy) is 1. The maximum Gasteiger partial charge on any atom is 0.261 e. The number of aromatic nitrogens is 1. The number of fused-ring (bicyclic) bond motifs is 2. The van der Waals surface area contributed by atoms with Gasteiger partial charge in [-0.1, -0.05) is 29.3 Å². The molecule has 10 nitrogen and oxygen atoms in total. The lowest BCUT2D eigenvalue weighted by molar-refractivity contribution is 0.0516. The van der Waals surface area contributed by atoms with Crippen molar-refractivity contribution in [2.45, 2.75) is 31.4 Å². The van der Waals surface area contributed by atoms with Gasteiger partial charge in [-0.15, -0.1) is 0 Å². The van der Waals surface area contributed by atoms with E-state index < -0.39 is 6.10 Å². The van der Waals surface area contributed by atoms with Gasteiger partial charge in [0.05, 0.1) is 38.8 Å². The lowest BCUT2D eigenvalue weighted by atomic mass is 10.00. The predicted molar refractivity (Wildman–Crippen MR) is 161 cm³/mol. The second-order valence-corrected chi connectivity index (χ2v) is 11.6. The molecule has 0 radical (unpaired) electrons. The van der Waals surface area contributed by atoms with Gasteiger partial charge >= 0.3 is 0 Å². The summed E-state index contributed by atoms with van der Waals surface area (Å²) in [5.41, 5.74) is 3.04. The van der Waals surface area contributed by atoms with Crippen molar-refractivity contribution in [3.05, 3.63) is 85.2 Å². The number of aliphatic imine (C=N–C) groups is 1. The number of aliphatic hydroxyl groups excluding tert-OH is 1. The van der Waals surface area contributed by atoms with Crippen LogP contribution in [0.25, 0.3) is 0 Å². The van der Waals surface area contributed by atoms with Gasteiger partial charge in [0.15, 0.2) is 0 Å². The summed E-state index contributed by atoms with van der Waals surface area (Å²) in [6.07, 6.45) is 2.41.